The highest BCUT2D eigenvalue weighted by molar-refractivity contribution is 8.00. The number of amides is 2. The van der Waals surface area contributed by atoms with Gasteiger partial charge in [0.15, 0.2) is 0 Å². The molecule has 208 valence electrons. The Morgan fingerprint density at radius 1 is 1.15 bits per heavy atom. The molecule has 0 spiro atoms. The first-order valence-electron chi connectivity index (χ1n) is 13.2. The van der Waals surface area contributed by atoms with Gasteiger partial charge in [-0.25, -0.2) is 4.68 Å². The van der Waals surface area contributed by atoms with E-state index in [1.165, 1.54) is 11.8 Å². The van der Waals surface area contributed by atoms with Crippen LogP contribution < -0.4 is 19.7 Å². The molecule has 2 aromatic carbocycles. The number of benzene rings is 2. The van der Waals surface area contributed by atoms with Gasteiger partial charge in [0.1, 0.15) is 23.9 Å². The Kier molecular flexibility index (Phi) is 8.59. The Hall–Kier alpha value is -3.46. The van der Waals surface area contributed by atoms with E-state index in [0.29, 0.717) is 23.9 Å². The van der Waals surface area contributed by atoms with Gasteiger partial charge in [0.25, 0.3) is 0 Å². The summed E-state index contributed by atoms with van der Waals surface area (Å²) in [7, 11) is 3.28. The molecule has 0 saturated carbocycles. The van der Waals surface area contributed by atoms with Gasteiger partial charge in [0.05, 0.1) is 36.6 Å². The number of aryl methyl sites for hydroxylation is 1. The predicted molar refractivity (Wildman–Crippen MR) is 157 cm³/mol. The Morgan fingerprint density at radius 3 is 2.54 bits per heavy atom. The van der Waals surface area contributed by atoms with Crippen LogP contribution >= 0.6 is 11.8 Å². The van der Waals surface area contributed by atoms with Crippen LogP contribution in [-0.2, 0) is 15.0 Å². The van der Waals surface area contributed by atoms with Gasteiger partial charge in [0.2, 0.25) is 11.8 Å². The maximum absolute atomic E-state index is 13.8. The van der Waals surface area contributed by atoms with Crippen molar-refractivity contribution >= 4 is 29.4 Å². The highest BCUT2D eigenvalue weighted by Gasteiger charge is 2.41. The van der Waals surface area contributed by atoms with Crippen LogP contribution in [-0.4, -0.2) is 54.7 Å². The Balaban J connectivity index is 2.06. The second-order valence-electron chi connectivity index (χ2n) is 10.7. The average molecular weight is 551 g/mol. The first-order valence-corrected chi connectivity index (χ1v) is 14.3. The Morgan fingerprint density at radius 2 is 1.90 bits per heavy atom. The third-order valence-corrected chi connectivity index (χ3v) is 7.97. The molecule has 4 rings (SSSR count). The molecule has 1 aliphatic heterocycles. The van der Waals surface area contributed by atoms with Crippen LogP contribution in [0, 0.1) is 6.92 Å². The lowest BCUT2D eigenvalue weighted by molar-refractivity contribution is -0.122. The molecule has 39 heavy (non-hydrogen) atoms. The van der Waals surface area contributed by atoms with Crippen LogP contribution in [0.4, 0.5) is 5.82 Å². The molecule has 1 aromatic heterocycles. The standard InChI is InChI=1S/C30H38N4O4S/c1-8-15-31-24(35)17-33-25(36)18-39-27(21-16-20(37-6)13-14-23(21)38-7)26-28(30(3,4)5)32-34(29(26)33)22-12-10-9-11-19(22)2/h9-14,16,27H,8,15,17-18H2,1-7H3,(H,31,35). The fourth-order valence-electron chi connectivity index (χ4n) is 4.80. The number of para-hydroxylation sites is 1. The first kappa shape index (κ1) is 28.5. The second-order valence-corrected chi connectivity index (χ2v) is 11.8. The van der Waals surface area contributed by atoms with Crippen LogP contribution in [0.15, 0.2) is 42.5 Å². The molecule has 3 aromatic rings. The minimum atomic E-state index is -0.355. The van der Waals surface area contributed by atoms with Crippen molar-refractivity contribution in [2.24, 2.45) is 0 Å². The van der Waals surface area contributed by atoms with Crippen molar-refractivity contribution in [2.75, 3.05) is 38.0 Å². The molecule has 1 unspecified atom stereocenters. The summed E-state index contributed by atoms with van der Waals surface area (Å²) in [5.41, 5.74) is 4.17. The van der Waals surface area contributed by atoms with Crippen molar-refractivity contribution in [3.63, 3.8) is 0 Å². The highest BCUT2D eigenvalue weighted by Crippen LogP contribution is 2.51. The SMILES string of the molecule is CCCNC(=O)CN1C(=O)CSC(c2cc(OC)ccc2OC)c2c(C(C)(C)C)nn(-c3ccccc3C)c21. The van der Waals surface area contributed by atoms with Crippen LogP contribution in [0.1, 0.15) is 61.7 Å². The fraction of sp³-hybridized carbons (Fsp3) is 0.433. The van der Waals surface area contributed by atoms with Crippen LogP contribution in [0.3, 0.4) is 0 Å². The molecule has 9 heteroatoms. The lowest BCUT2D eigenvalue weighted by atomic mass is 9.87. The molecule has 2 amide bonds. The van der Waals surface area contributed by atoms with Gasteiger partial charge < -0.3 is 14.8 Å². The van der Waals surface area contributed by atoms with Gasteiger partial charge in [-0.1, -0.05) is 45.9 Å². The van der Waals surface area contributed by atoms with Gasteiger partial charge in [-0.2, -0.15) is 5.10 Å². The van der Waals surface area contributed by atoms with E-state index in [0.717, 1.165) is 34.5 Å². The second kappa shape index (κ2) is 11.7. The number of nitrogens with zero attached hydrogens (tertiary/aromatic N) is 3. The third-order valence-electron chi connectivity index (χ3n) is 6.74. The van der Waals surface area contributed by atoms with E-state index >= 15 is 0 Å². The lowest BCUT2D eigenvalue weighted by Crippen LogP contribution is -2.42. The number of anilines is 1. The number of rotatable bonds is 8. The van der Waals surface area contributed by atoms with Crippen LogP contribution in [0.2, 0.25) is 0 Å². The van der Waals surface area contributed by atoms with Gasteiger partial charge in [-0.15, -0.1) is 11.8 Å². The number of hydrogen-bond donors (Lipinski definition) is 1. The summed E-state index contributed by atoms with van der Waals surface area (Å²) in [6.45, 7) is 10.8. The topological polar surface area (TPSA) is 85.7 Å². The molecule has 0 fully saturated rings. The number of nitrogens with one attached hydrogen (secondary N) is 1. The number of methoxy groups -OCH3 is 2. The molecule has 0 radical (unpaired) electrons. The zero-order valence-electron chi connectivity index (χ0n) is 23.8. The van der Waals surface area contributed by atoms with Crippen molar-refractivity contribution in [1.82, 2.24) is 15.1 Å². The van der Waals surface area contributed by atoms with Crippen molar-refractivity contribution in [3.05, 3.63) is 64.8 Å². The molecule has 8 nitrogen and oxygen atoms in total. The van der Waals surface area contributed by atoms with Gasteiger partial charge in [-0.05, 0) is 43.2 Å². The zero-order valence-corrected chi connectivity index (χ0v) is 24.6. The zero-order chi connectivity index (χ0) is 28.3. The molecule has 2 heterocycles. The summed E-state index contributed by atoms with van der Waals surface area (Å²) in [6, 6.07) is 13.7. The van der Waals surface area contributed by atoms with Crippen molar-refractivity contribution in [3.8, 4) is 17.2 Å². The number of carbonyl (C=O) groups is 2. The molecule has 1 atom stereocenters. The Bertz CT molecular complexity index is 1360. The predicted octanol–water partition coefficient (Wildman–Crippen LogP) is 5.19. The summed E-state index contributed by atoms with van der Waals surface area (Å²) >= 11 is 1.52. The van der Waals surface area contributed by atoms with E-state index in [1.54, 1.807) is 19.1 Å². The number of ether oxygens (including phenoxy) is 2. The molecule has 1 aliphatic rings. The van der Waals surface area contributed by atoms with E-state index in [2.05, 4.69) is 26.1 Å². The summed E-state index contributed by atoms with van der Waals surface area (Å²) in [5, 5.41) is 7.81. The molecular formula is C30H38N4O4S. The molecule has 0 bridgehead atoms. The monoisotopic (exact) mass is 550 g/mol. The maximum Gasteiger partial charge on any atom is 0.240 e. The van der Waals surface area contributed by atoms with Crippen LogP contribution in [0.25, 0.3) is 5.69 Å². The largest absolute Gasteiger partial charge is 0.497 e. The number of hydrogen-bond acceptors (Lipinski definition) is 6. The first-order chi connectivity index (χ1) is 18.6. The smallest absolute Gasteiger partial charge is 0.240 e. The van der Waals surface area contributed by atoms with Gasteiger partial charge in [0, 0.05) is 23.1 Å². The maximum atomic E-state index is 13.8. The molecule has 0 saturated heterocycles. The minimum absolute atomic E-state index is 0.0878. The summed E-state index contributed by atoms with van der Waals surface area (Å²) in [5.74, 6) is 1.86. The summed E-state index contributed by atoms with van der Waals surface area (Å²) in [4.78, 5) is 28.4. The van der Waals surface area contributed by atoms with E-state index in [4.69, 9.17) is 14.6 Å². The highest BCUT2D eigenvalue weighted by atomic mass is 32.2. The van der Waals surface area contributed by atoms with E-state index in [-0.39, 0.29) is 34.8 Å². The minimum Gasteiger partial charge on any atom is -0.497 e. The van der Waals surface area contributed by atoms with E-state index in [1.807, 2.05) is 61.0 Å². The summed E-state index contributed by atoms with van der Waals surface area (Å²) in [6.07, 6.45) is 0.813. The van der Waals surface area contributed by atoms with Gasteiger partial charge >= 0.3 is 0 Å². The number of carbonyl (C=O) groups excluding carboxylic acids is 2. The van der Waals surface area contributed by atoms with Crippen molar-refractivity contribution < 1.29 is 19.1 Å². The number of thioether (sulfide) groups is 1. The number of fused-ring (bicyclic) bond motifs is 1. The average Bonchev–Trinajstić information content (AvgIpc) is 3.25. The molecule has 0 aliphatic carbocycles. The van der Waals surface area contributed by atoms with Crippen LogP contribution in [0.5, 0.6) is 11.5 Å². The van der Waals surface area contributed by atoms with E-state index < -0.39 is 0 Å². The third kappa shape index (κ3) is 5.78. The van der Waals surface area contributed by atoms with E-state index in [9.17, 15) is 9.59 Å². The number of aromatic nitrogens is 2. The van der Waals surface area contributed by atoms with Crippen molar-refractivity contribution in [2.45, 2.75) is 51.7 Å². The lowest BCUT2D eigenvalue weighted by Gasteiger charge is -2.25. The quantitative estimate of drug-likeness (QED) is 0.416. The molecule has 1 N–H and O–H groups in total. The normalized spacial score (nSPS) is 15.5. The van der Waals surface area contributed by atoms with Crippen molar-refractivity contribution in [1.29, 1.82) is 0 Å². The van der Waals surface area contributed by atoms with Gasteiger partial charge in [-0.3, -0.25) is 14.5 Å². The summed E-state index contributed by atoms with van der Waals surface area (Å²) < 4.78 is 13.2. The fourth-order valence-corrected chi connectivity index (χ4v) is 6.01. The Labute approximate surface area is 235 Å². The molecular weight excluding hydrogens is 512 g/mol.